The highest BCUT2D eigenvalue weighted by atomic mass is 127. The lowest BCUT2D eigenvalue weighted by Crippen LogP contribution is -2.46. The highest BCUT2D eigenvalue weighted by molar-refractivity contribution is 14.0. The average molecular weight is 476 g/mol. The van der Waals surface area contributed by atoms with Crippen molar-refractivity contribution in [3.63, 3.8) is 0 Å². The fraction of sp³-hybridized carbons (Fsp3) is 0.632. The van der Waals surface area contributed by atoms with Gasteiger partial charge in [-0.1, -0.05) is 29.8 Å². The highest BCUT2D eigenvalue weighted by Gasteiger charge is 2.22. The summed E-state index contributed by atoms with van der Waals surface area (Å²) >= 11 is 0. The number of nitrogens with one attached hydrogen (secondary N) is 2. The minimum atomic E-state index is 0. The van der Waals surface area contributed by atoms with E-state index in [1.807, 2.05) is 6.92 Å². The molecule has 0 radical (unpaired) electrons. The number of guanidine groups is 1. The van der Waals surface area contributed by atoms with E-state index in [1.165, 1.54) is 11.1 Å². The normalized spacial score (nSPS) is 16.7. The smallest absolute Gasteiger partial charge is 0.191 e. The summed E-state index contributed by atoms with van der Waals surface area (Å²) in [5.74, 6) is 0.810. The molecule has 1 aromatic rings. The van der Waals surface area contributed by atoms with Crippen LogP contribution >= 0.6 is 24.0 Å². The largest absolute Gasteiger partial charge is 0.380 e. The van der Waals surface area contributed by atoms with E-state index in [-0.39, 0.29) is 24.0 Å². The van der Waals surface area contributed by atoms with Gasteiger partial charge >= 0.3 is 0 Å². The van der Waals surface area contributed by atoms with Crippen LogP contribution in [0.5, 0.6) is 0 Å². The van der Waals surface area contributed by atoms with E-state index in [1.54, 1.807) is 7.05 Å². The highest BCUT2D eigenvalue weighted by Crippen LogP contribution is 2.21. The molecule has 1 aliphatic heterocycles. The van der Waals surface area contributed by atoms with Gasteiger partial charge in [0.1, 0.15) is 0 Å². The van der Waals surface area contributed by atoms with Crippen LogP contribution in [-0.2, 0) is 9.47 Å². The second kappa shape index (κ2) is 13.3. The summed E-state index contributed by atoms with van der Waals surface area (Å²) < 4.78 is 10.9. The number of morpholine rings is 1. The average Bonchev–Trinajstić information content (AvgIpc) is 2.66. The fourth-order valence-electron chi connectivity index (χ4n) is 2.94. The lowest BCUT2D eigenvalue weighted by Gasteiger charge is -2.35. The fourth-order valence-corrected chi connectivity index (χ4v) is 2.94. The topological polar surface area (TPSA) is 58.1 Å². The zero-order chi connectivity index (χ0) is 17.9. The van der Waals surface area contributed by atoms with Gasteiger partial charge in [-0.15, -0.1) is 24.0 Å². The minimum Gasteiger partial charge on any atom is -0.380 e. The third-order valence-electron chi connectivity index (χ3n) is 4.38. The van der Waals surface area contributed by atoms with Gasteiger partial charge in [0.2, 0.25) is 0 Å². The lowest BCUT2D eigenvalue weighted by atomic mass is 10.0. The summed E-state index contributed by atoms with van der Waals surface area (Å²) in [6.45, 7) is 10.6. The third-order valence-corrected chi connectivity index (χ3v) is 4.38. The van der Waals surface area contributed by atoms with Gasteiger partial charge in [-0.05, 0) is 19.4 Å². The van der Waals surface area contributed by atoms with Crippen molar-refractivity contribution in [1.82, 2.24) is 15.5 Å². The van der Waals surface area contributed by atoms with Crippen LogP contribution in [0.2, 0.25) is 0 Å². The summed E-state index contributed by atoms with van der Waals surface area (Å²) in [5, 5.41) is 6.75. The number of ether oxygens (including phenoxy) is 2. The van der Waals surface area contributed by atoms with E-state index in [4.69, 9.17) is 9.47 Å². The number of halogens is 1. The van der Waals surface area contributed by atoms with Gasteiger partial charge in [0.25, 0.3) is 0 Å². The Bertz CT molecular complexity index is 519. The molecule has 1 heterocycles. The Hall–Kier alpha value is -0.900. The van der Waals surface area contributed by atoms with E-state index in [9.17, 15) is 0 Å². The molecule has 1 aliphatic rings. The predicted molar refractivity (Wildman–Crippen MR) is 118 cm³/mol. The maximum absolute atomic E-state index is 5.52. The van der Waals surface area contributed by atoms with Crippen LogP contribution in [0, 0.1) is 6.92 Å². The van der Waals surface area contributed by atoms with Gasteiger partial charge in [0.05, 0.1) is 25.9 Å². The van der Waals surface area contributed by atoms with Crippen LogP contribution in [0.1, 0.15) is 24.1 Å². The Balaban J connectivity index is 0.00000338. The second-order valence-corrected chi connectivity index (χ2v) is 6.15. The molecule has 2 N–H and O–H groups in total. The lowest BCUT2D eigenvalue weighted by molar-refractivity contribution is 0.0170. The molecule has 0 saturated carbocycles. The summed E-state index contributed by atoms with van der Waals surface area (Å²) in [4.78, 5) is 6.79. The molecule has 7 heteroatoms. The number of rotatable bonds is 8. The van der Waals surface area contributed by atoms with Crippen molar-refractivity contribution in [2.24, 2.45) is 4.99 Å². The summed E-state index contributed by atoms with van der Waals surface area (Å²) in [6, 6.07) is 9.11. The number of aryl methyl sites for hydroxylation is 1. The van der Waals surface area contributed by atoms with E-state index in [0.29, 0.717) is 12.6 Å². The molecule has 1 unspecified atom stereocenters. The third kappa shape index (κ3) is 7.77. The molecule has 1 saturated heterocycles. The molecule has 26 heavy (non-hydrogen) atoms. The Kier molecular flexibility index (Phi) is 11.8. The van der Waals surface area contributed by atoms with Crippen LogP contribution in [0.3, 0.4) is 0 Å². The van der Waals surface area contributed by atoms with Crippen molar-refractivity contribution in [2.45, 2.75) is 19.9 Å². The van der Waals surface area contributed by atoms with Crippen LogP contribution in [0.4, 0.5) is 0 Å². The standard InChI is InChI=1S/C19H32N4O2.HI/c1-4-24-12-9-21-19(20-3)22-15-18(23-10-13-25-14-11-23)17-7-5-16(2)6-8-17;/h5-8,18H,4,9-15H2,1-3H3,(H2,20,21,22);1H. The number of hydrogen-bond acceptors (Lipinski definition) is 4. The first-order valence-corrected chi connectivity index (χ1v) is 9.15. The van der Waals surface area contributed by atoms with Crippen molar-refractivity contribution in [1.29, 1.82) is 0 Å². The molecule has 1 aromatic carbocycles. The molecule has 0 spiro atoms. The van der Waals surface area contributed by atoms with E-state index < -0.39 is 0 Å². The van der Waals surface area contributed by atoms with Gasteiger partial charge in [0.15, 0.2) is 5.96 Å². The Morgan fingerprint density at radius 1 is 1.23 bits per heavy atom. The molecule has 148 valence electrons. The van der Waals surface area contributed by atoms with Gasteiger partial charge in [-0.3, -0.25) is 9.89 Å². The molecule has 1 atom stereocenters. The molecular weight excluding hydrogens is 443 g/mol. The summed E-state index contributed by atoms with van der Waals surface area (Å²) in [7, 11) is 1.80. The first-order valence-electron chi connectivity index (χ1n) is 9.15. The van der Waals surface area contributed by atoms with Crippen molar-refractivity contribution in [3.8, 4) is 0 Å². The Labute approximate surface area is 174 Å². The number of hydrogen-bond donors (Lipinski definition) is 2. The van der Waals surface area contributed by atoms with Gasteiger partial charge in [-0.2, -0.15) is 0 Å². The van der Waals surface area contributed by atoms with E-state index >= 15 is 0 Å². The second-order valence-electron chi connectivity index (χ2n) is 6.15. The van der Waals surface area contributed by atoms with Crippen molar-refractivity contribution in [3.05, 3.63) is 35.4 Å². The maximum atomic E-state index is 5.52. The number of nitrogens with zero attached hydrogens (tertiary/aromatic N) is 2. The first kappa shape index (κ1) is 23.1. The maximum Gasteiger partial charge on any atom is 0.191 e. The number of aliphatic imine (C=N–C) groups is 1. The van der Waals surface area contributed by atoms with Crippen molar-refractivity contribution in [2.75, 3.05) is 59.7 Å². The van der Waals surface area contributed by atoms with Crippen molar-refractivity contribution < 1.29 is 9.47 Å². The van der Waals surface area contributed by atoms with Crippen LogP contribution in [-0.4, -0.2) is 70.5 Å². The van der Waals surface area contributed by atoms with Crippen LogP contribution < -0.4 is 10.6 Å². The molecule has 2 rings (SSSR count). The first-order chi connectivity index (χ1) is 12.2. The van der Waals surface area contributed by atoms with E-state index in [2.05, 4.69) is 51.7 Å². The predicted octanol–water partition coefficient (Wildman–Crippen LogP) is 2.19. The van der Waals surface area contributed by atoms with E-state index in [0.717, 1.165) is 52.0 Å². The molecule has 0 amide bonds. The molecule has 6 nitrogen and oxygen atoms in total. The SMILES string of the molecule is CCOCCNC(=NC)NCC(c1ccc(C)cc1)N1CCOCC1.I. The van der Waals surface area contributed by atoms with Gasteiger partial charge in [0, 0.05) is 39.8 Å². The minimum absolute atomic E-state index is 0. The van der Waals surface area contributed by atoms with Crippen LogP contribution in [0.15, 0.2) is 29.3 Å². The molecule has 0 aliphatic carbocycles. The quantitative estimate of drug-likeness (QED) is 0.261. The van der Waals surface area contributed by atoms with Crippen molar-refractivity contribution >= 4 is 29.9 Å². The van der Waals surface area contributed by atoms with Gasteiger partial charge < -0.3 is 20.1 Å². The molecule has 1 fully saturated rings. The monoisotopic (exact) mass is 476 g/mol. The summed E-state index contributed by atoms with van der Waals surface area (Å²) in [6.07, 6.45) is 0. The Morgan fingerprint density at radius 2 is 1.92 bits per heavy atom. The zero-order valence-corrected chi connectivity index (χ0v) is 18.5. The Morgan fingerprint density at radius 3 is 2.54 bits per heavy atom. The number of benzene rings is 1. The molecule has 0 aromatic heterocycles. The van der Waals surface area contributed by atoms with Gasteiger partial charge in [-0.25, -0.2) is 0 Å². The molecule has 0 bridgehead atoms. The zero-order valence-electron chi connectivity index (χ0n) is 16.2. The van der Waals surface area contributed by atoms with Crippen LogP contribution in [0.25, 0.3) is 0 Å². The summed E-state index contributed by atoms with van der Waals surface area (Å²) in [5.41, 5.74) is 2.61. The molecular formula is C19H33IN4O2.